The zero-order chi connectivity index (χ0) is 8.10. The molecule has 66 valence electrons. The summed E-state index contributed by atoms with van der Waals surface area (Å²) >= 11 is 0. The molecule has 0 aliphatic carbocycles. The molecule has 2 heteroatoms. The van der Waals surface area contributed by atoms with Gasteiger partial charge in [0.25, 0.3) is 0 Å². The van der Waals surface area contributed by atoms with Gasteiger partial charge in [-0.05, 0) is 45.9 Å². The molecular weight excluding hydrogens is 136 g/mol. The summed E-state index contributed by atoms with van der Waals surface area (Å²) in [7, 11) is 4.28. The van der Waals surface area contributed by atoms with Crippen molar-refractivity contribution in [3.63, 3.8) is 0 Å². The SMILES string of the molecule is CNCC1CCCCN(C)C1. The summed E-state index contributed by atoms with van der Waals surface area (Å²) in [5, 5.41) is 3.26. The van der Waals surface area contributed by atoms with Gasteiger partial charge in [0, 0.05) is 6.54 Å². The second kappa shape index (κ2) is 4.73. The Labute approximate surface area is 70.0 Å². The lowest BCUT2D eigenvalue weighted by molar-refractivity contribution is 0.296. The zero-order valence-electron chi connectivity index (χ0n) is 7.77. The van der Waals surface area contributed by atoms with Crippen LogP contribution in [0, 0.1) is 5.92 Å². The Morgan fingerprint density at radius 1 is 1.45 bits per heavy atom. The van der Waals surface area contributed by atoms with E-state index in [9.17, 15) is 0 Å². The van der Waals surface area contributed by atoms with Crippen molar-refractivity contribution in [3.8, 4) is 0 Å². The summed E-state index contributed by atoms with van der Waals surface area (Å²) in [6, 6.07) is 0. The van der Waals surface area contributed by atoms with Crippen molar-refractivity contribution in [2.75, 3.05) is 33.7 Å². The number of rotatable bonds is 2. The lowest BCUT2D eigenvalue weighted by Gasteiger charge is -2.19. The van der Waals surface area contributed by atoms with E-state index in [2.05, 4.69) is 17.3 Å². The molecule has 1 saturated heterocycles. The van der Waals surface area contributed by atoms with E-state index in [1.54, 1.807) is 0 Å². The number of nitrogens with zero attached hydrogens (tertiary/aromatic N) is 1. The highest BCUT2D eigenvalue weighted by atomic mass is 15.1. The molecule has 1 N–H and O–H groups in total. The average molecular weight is 156 g/mol. The normalized spacial score (nSPS) is 28.4. The molecule has 1 aliphatic rings. The summed E-state index contributed by atoms with van der Waals surface area (Å²) in [5.41, 5.74) is 0. The van der Waals surface area contributed by atoms with Crippen LogP contribution in [0.3, 0.4) is 0 Å². The summed E-state index contributed by atoms with van der Waals surface area (Å²) in [5.74, 6) is 0.882. The first kappa shape index (κ1) is 9.01. The van der Waals surface area contributed by atoms with E-state index in [4.69, 9.17) is 0 Å². The monoisotopic (exact) mass is 156 g/mol. The Morgan fingerprint density at radius 3 is 3.00 bits per heavy atom. The molecule has 0 aromatic carbocycles. The molecule has 1 aliphatic heterocycles. The van der Waals surface area contributed by atoms with E-state index in [1.807, 2.05) is 7.05 Å². The molecule has 0 amide bonds. The lowest BCUT2D eigenvalue weighted by Crippen LogP contribution is -2.29. The number of likely N-dealkylation sites (tertiary alicyclic amines) is 1. The first-order chi connectivity index (χ1) is 5.33. The maximum Gasteiger partial charge on any atom is 0.00187 e. The molecule has 2 nitrogen and oxygen atoms in total. The van der Waals surface area contributed by atoms with Crippen LogP contribution in [0.5, 0.6) is 0 Å². The Hall–Kier alpha value is -0.0800. The summed E-state index contributed by atoms with van der Waals surface area (Å²) in [6.45, 7) is 3.76. The molecular formula is C9H20N2. The molecule has 0 aromatic rings. The molecule has 0 spiro atoms. The van der Waals surface area contributed by atoms with Gasteiger partial charge in [-0.1, -0.05) is 6.42 Å². The molecule has 0 radical (unpaired) electrons. The van der Waals surface area contributed by atoms with Gasteiger partial charge >= 0.3 is 0 Å². The maximum absolute atomic E-state index is 3.26. The molecule has 0 bridgehead atoms. The van der Waals surface area contributed by atoms with Crippen molar-refractivity contribution in [2.45, 2.75) is 19.3 Å². The Kier molecular flexibility index (Phi) is 3.87. The highest BCUT2D eigenvalue weighted by Crippen LogP contribution is 2.13. The first-order valence-corrected chi connectivity index (χ1v) is 4.66. The van der Waals surface area contributed by atoms with Crippen LogP contribution in [0.15, 0.2) is 0 Å². The minimum Gasteiger partial charge on any atom is -0.319 e. The van der Waals surface area contributed by atoms with E-state index in [0.717, 1.165) is 5.92 Å². The molecule has 1 rings (SSSR count). The van der Waals surface area contributed by atoms with Gasteiger partial charge in [-0.25, -0.2) is 0 Å². The lowest BCUT2D eigenvalue weighted by atomic mass is 10.0. The second-order valence-electron chi connectivity index (χ2n) is 3.68. The molecule has 0 aromatic heterocycles. The van der Waals surface area contributed by atoms with Crippen molar-refractivity contribution >= 4 is 0 Å². The van der Waals surface area contributed by atoms with Crippen LogP contribution in [0.2, 0.25) is 0 Å². The topological polar surface area (TPSA) is 15.3 Å². The van der Waals surface area contributed by atoms with Gasteiger partial charge in [0.15, 0.2) is 0 Å². The minimum absolute atomic E-state index is 0.882. The Bertz CT molecular complexity index is 104. The van der Waals surface area contributed by atoms with E-state index < -0.39 is 0 Å². The van der Waals surface area contributed by atoms with Crippen LogP contribution in [-0.2, 0) is 0 Å². The number of nitrogens with one attached hydrogen (secondary N) is 1. The fourth-order valence-corrected chi connectivity index (χ4v) is 1.89. The van der Waals surface area contributed by atoms with Gasteiger partial charge in [0.2, 0.25) is 0 Å². The summed E-state index contributed by atoms with van der Waals surface area (Å²) in [6.07, 6.45) is 4.21. The minimum atomic E-state index is 0.882. The molecule has 0 saturated carbocycles. The van der Waals surface area contributed by atoms with Gasteiger partial charge in [0.1, 0.15) is 0 Å². The van der Waals surface area contributed by atoms with E-state index in [-0.39, 0.29) is 0 Å². The second-order valence-corrected chi connectivity index (χ2v) is 3.68. The van der Waals surface area contributed by atoms with Gasteiger partial charge in [0.05, 0.1) is 0 Å². The third-order valence-corrected chi connectivity index (χ3v) is 2.46. The molecule has 1 heterocycles. The van der Waals surface area contributed by atoms with Crippen molar-refractivity contribution in [2.24, 2.45) is 5.92 Å². The average Bonchev–Trinajstić information content (AvgIpc) is 2.15. The predicted octanol–water partition coefficient (Wildman–Crippen LogP) is 0.938. The first-order valence-electron chi connectivity index (χ1n) is 4.66. The van der Waals surface area contributed by atoms with Crippen LogP contribution < -0.4 is 5.32 Å². The van der Waals surface area contributed by atoms with Crippen molar-refractivity contribution in [3.05, 3.63) is 0 Å². The third-order valence-electron chi connectivity index (χ3n) is 2.46. The van der Waals surface area contributed by atoms with Crippen LogP contribution in [-0.4, -0.2) is 38.6 Å². The fraction of sp³-hybridized carbons (Fsp3) is 1.00. The highest BCUT2D eigenvalue weighted by Gasteiger charge is 2.13. The molecule has 1 atom stereocenters. The number of hydrogen-bond donors (Lipinski definition) is 1. The van der Waals surface area contributed by atoms with Gasteiger partial charge in [-0.2, -0.15) is 0 Å². The largest absolute Gasteiger partial charge is 0.319 e. The van der Waals surface area contributed by atoms with Crippen molar-refractivity contribution < 1.29 is 0 Å². The van der Waals surface area contributed by atoms with Crippen LogP contribution in [0.1, 0.15) is 19.3 Å². The van der Waals surface area contributed by atoms with Crippen LogP contribution in [0.25, 0.3) is 0 Å². The third kappa shape index (κ3) is 3.21. The predicted molar refractivity (Wildman–Crippen MR) is 48.8 cm³/mol. The molecule has 11 heavy (non-hydrogen) atoms. The summed E-state index contributed by atoms with van der Waals surface area (Å²) < 4.78 is 0. The molecule has 1 fully saturated rings. The van der Waals surface area contributed by atoms with E-state index in [0.29, 0.717) is 0 Å². The summed E-state index contributed by atoms with van der Waals surface area (Å²) in [4.78, 5) is 2.45. The van der Waals surface area contributed by atoms with Crippen LogP contribution in [0.4, 0.5) is 0 Å². The van der Waals surface area contributed by atoms with Crippen molar-refractivity contribution in [1.82, 2.24) is 10.2 Å². The quantitative estimate of drug-likeness (QED) is 0.640. The fourth-order valence-electron chi connectivity index (χ4n) is 1.89. The smallest absolute Gasteiger partial charge is 0.00187 e. The Balaban J connectivity index is 2.27. The molecule has 1 unspecified atom stereocenters. The zero-order valence-corrected chi connectivity index (χ0v) is 7.77. The Morgan fingerprint density at radius 2 is 2.27 bits per heavy atom. The highest BCUT2D eigenvalue weighted by molar-refractivity contribution is 4.69. The van der Waals surface area contributed by atoms with Crippen molar-refractivity contribution in [1.29, 1.82) is 0 Å². The number of hydrogen-bond acceptors (Lipinski definition) is 2. The standard InChI is InChI=1S/C9H20N2/c1-10-7-9-5-3-4-6-11(2)8-9/h9-10H,3-8H2,1-2H3. The van der Waals surface area contributed by atoms with E-state index in [1.165, 1.54) is 38.9 Å². The van der Waals surface area contributed by atoms with Crippen LogP contribution >= 0.6 is 0 Å². The van der Waals surface area contributed by atoms with Gasteiger partial charge in [-0.15, -0.1) is 0 Å². The maximum atomic E-state index is 3.26. The van der Waals surface area contributed by atoms with E-state index >= 15 is 0 Å². The van der Waals surface area contributed by atoms with Gasteiger partial charge in [-0.3, -0.25) is 0 Å². The van der Waals surface area contributed by atoms with Gasteiger partial charge < -0.3 is 10.2 Å².